The fourth-order valence-corrected chi connectivity index (χ4v) is 3.89. The van der Waals surface area contributed by atoms with Crippen LogP contribution in [0.15, 0.2) is 27.6 Å². The maximum absolute atomic E-state index is 13.1. The minimum atomic E-state index is -0.690. The highest BCUT2D eigenvalue weighted by molar-refractivity contribution is 9.10. The van der Waals surface area contributed by atoms with Gasteiger partial charge in [-0.1, -0.05) is 13.8 Å². The summed E-state index contributed by atoms with van der Waals surface area (Å²) in [5.74, 6) is -0.570. The van der Waals surface area contributed by atoms with Crippen LogP contribution in [-0.4, -0.2) is 36.2 Å². The van der Waals surface area contributed by atoms with Crippen LogP contribution in [0, 0.1) is 5.92 Å². The quantitative estimate of drug-likeness (QED) is 0.535. The second-order valence-electron chi connectivity index (χ2n) is 7.59. The number of nitrogens with two attached hydrogens (primary N) is 1. The van der Waals surface area contributed by atoms with E-state index in [1.54, 1.807) is 18.3 Å². The Morgan fingerprint density at radius 1 is 1.45 bits per heavy atom. The number of aromatic hydroxyl groups is 1. The molecule has 1 amide bonds. The van der Waals surface area contributed by atoms with Crippen molar-refractivity contribution in [1.82, 2.24) is 24.5 Å². The minimum Gasteiger partial charge on any atom is -0.494 e. The third kappa shape index (κ3) is 3.37. The Balaban J connectivity index is 2.01. The predicted molar refractivity (Wildman–Crippen MR) is 112 cm³/mol. The number of hydrogen-bond acceptors (Lipinski definition) is 6. The van der Waals surface area contributed by atoms with Gasteiger partial charge in [-0.25, -0.2) is 4.98 Å². The molecule has 10 heteroatoms. The van der Waals surface area contributed by atoms with Crippen molar-refractivity contribution in [1.29, 1.82) is 0 Å². The molecule has 0 bridgehead atoms. The molecule has 1 aliphatic carbocycles. The molecule has 0 atom stereocenters. The predicted octanol–water partition coefficient (Wildman–Crippen LogP) is 2.16. The Labute approximate surface area is 174 Å². The van der Waals surface area contributed by atoms with Crippen molar-refractivity contribution in [2.45, 2.75) is 39.3 Å². The van der Waals surface area contributed by atoms with Gasteiger partial charge in [0, 0.05) is 24.3 Å². The van der Waals surface area contributed by atoms with Crippen LogP contribution in [0.3, 0.4) is 0 Å². The molecule has 4 N–H and O–H groups in total. The Morgan fingerprint density at radius 2 is 2.17 bits per heavy atom. The molecule has 4 rings (SSSR count). The van der Waals surface area contributed by atoms with Crippen molar-refractivity contribution in [2.24, 2.45) is 5.92 Å². The first kappa shape index (κ1) is 19.4. The number of carbonyl (C=O) groups is 1. The number of rotatable bonds is 5. The van der Waals surface area contributed by atoms with E-state index >= 15 is 0 Å². The standard InChI is InChI=1S/C19H21BrN6O3/c1-9(2)8-25-17-13(20)14(11-4-3-7-22-15(11)21)24-26(17)19(29)12(18(25)28)16(27)23-10-5-6-10/h3-4,7,9-10,28H,5-6,8H2,1-2H3,(H2,21,22)(H,23,27). The average Bonchev–Trinajstić information content (AvgIpc) is 3.40. The third-order valence-corrected chi connectivity index (χ3v) is 5.46. The number of amides is 1. The first-order chi connectivity index (χ1) is 13.8. The zero-order valence-electron chi connectivity index (χ0n) is 16.0. The molecule has 0 radical (unpaired) electrons. The average molecular weight is 461 g/mol. The van der Waals surface area contributed by atoms with Crippen molar-refractivity contribution < 1.29 is 9.90 Å². The molecule has 9 nitrogen and oxygen atoms in total. The van der Waals surface area contributed by atoms with Gasteiger partial charge in [-0.15, -0.1) is 0 Å². The molecule has 0 saturated heterocycles. The maximum atomic E-state index is 13.1. The Bertz CT molecular complexity index is 1180. The topological polar surface area (TPSA) is 128 Å². The number of pyridine rings is 1. The number of nitrogen functional groups attached to an aromatic ring is 1. The monoisotopic (exact) mass is 460 g/mol. The Hall–Kier alpha value is -2.88. The number of halogens is 1. The van der Waals surface area contributed by atoms with Crippen LogP contribution < -0.4 is 16.6 Å². The fourth-order valence-electron chi connectivity index (χ4n) is 3.21. The van der Waals surface area contributed by atoms with Crippen molar-refractivity contribution in [2.75, 3.05) is 5.73 Å². The number of hydrogen-bond donors (Lipinski definition) is 3. The molecule has 0 aliphatic heterocycles. The Morgan fingerprint density at radius 3 is 2.79 bits per heavy atom. The van der Waals surface area contributed by atoms with Crippen LogP contribution in [0.2, 0.25) is 0 Å². The fraction of sp³-hybridized carbons (Fsp3) is 0.368. The van der Waals surface area contributed by atoms with Crippen LogP contribution in [0.5, 0.6) is 5.88 Å². The van der Waals surface area contributed by atoms with E-state index in [1.165, 1.54) is 4.57 Å². The van der Waals surface area contributed by atoms with E-state index in [0.29, 0.717) is 27.9 Å². The molecule has 0 aromatic carbocycles. The van der Waals surface area contributed by atoms with E-state index < -0.39 is 11.5 Å². The van der Waals surface area contributed by atoms with Crippen LogP contribution in [0.4, 0.5) is 5.82 Å². The largest absolute Gasteiger partial charge is 0.494 e. The lowest BCUT2D eigenvalue weighted by Crippen LogP contribution is -2.34. The van der Waals surface area contributed by atoms with Gasteiger partial charge in [0.05, 0.1) is 4.47 Å². The molecule has 29 heavy (non-hydrogen) atoms. The smallest absolute Gasteiger partial charge is 0.291 e. The summed E-state index contributed by atoms with van der Waals surface area (Å²) in [6.07, 6.45) is 3.30. The number of nitrogens with zero attached hydrogens (tertiary/aromatic N) is 4. The lowest BCUT2D eigenvalue weighted by Gasteiger charge is -2.16. The molecule has 1 aliphatic rings. The van der Waals surface area contributed by atoms with E-state index in [0.717, 1.165) is 17.4 Å². The number of nitrogens with one attached hydrogen (secondary N) is 1. The summed E-state index contributed by atoms with van der Waals surface area (Å²) in [5.41, 5.74) is 6.29. The molecule has 3 heterocycles. The van der Waals surface area contributed by atoms with Gasteiger partial charge in [0.25, 0.3) is 11.5 Å². The normalized spacial score (nSPS) is 13.9. The van der Waals surface area contributed by atoms with Crippen LogP contribution in [-0.2, 0) is 6.54 Å². The van der Waals surface area contributed by atoms with Crippen molar-refractivity contribution in [3.8, 4) is 17.1 Å². The number of aromatic nitrogens is 4. The maximum Gasteiger partial charge on any atom is 0.291 e. The highest BCUT2D eigenvalue weighted by atomic mass is 79.9. The molecular weight excluding hydrogens is 440 g/mol. The zero-order chi connectivity index (χ0) is 20.9. The second kappa shape index (κ2) is 7.18. The summed E-state index contributed by atoms with van der Waals surface area (Å²) in [7, 11) is 0. The molecule has 1 fully saturated rings. The van der Waals surface area contributed by atoms with Crippen LogP contribution >= 0.6 is 15.9 Å². The van der Waals surface area contributed by atoms with Gasteiger partial charge in [-0.3, -0.25) is 14.2 Å². The minimum absolute atomic E-state index is 0.0469. The van der Waals surface area contributed by atoms with Gasteiger partial charge in [-0.2, -0.15) is 9.61 Å². The summed E-state index contributed by atoms with van der Waals surface area (Å²) < 4.78 is 3.15. The highest BCUT2D eigenvalue weighted by Crippen LogP contribution is 2.35. The van der Waals surface area contributed by atoms with Crippen molar-refractivity contribution in [3.05, 3.63) is 38.7 Å². The molecule has 0 unspecified atom stereocenters. The molecule has 3 aromatic heterocycles. The van der Waals surface area contributed by atoms with Gasteiger partial charge in [-0.05, 0) is 46.8 Å². The lowest BCUT2D eigenvalue weighted by atomic mass is 10.2. The third-order valence-electron chi connectivity index (χ3n) is 4.73. The molecule has 3 aromatic rings. The number of carbonyl (C=O) groups excluding carboxylic acids is 1. The van der Waals surface area contributed by atoms with E-state index in [2.05, 4.69) is 31.3 Å². The summed E-state index contributed by atoms with van der Waals surface area (Å²) in [6.45, 7) is 4.33. The molecular formula is C19H21BrN6O3. The molecule has 0 spiro atoms. The van der Waals surface area contributed by atoms with Crippen LogP contribution in [0.25, 0.3) is 16.9 Å². The first-order valence-electron chi connectivity index (χ1n) is 9.35. The SMILES string of the molecule is CC(C)Cn1c(O)c(C(=O)NC2CC2)c(=O)n2nc(-c3cccnc3N)c(Br)c12. The van der Waals surface area contributed by atoms with Gasteiger partial charge < -0.3 is 16.2 Å². The van der Waals surface area contributed by atoms with Gasteiger partial charge in [0.2, 0.25) is 5.88 Å². The molecule has 152 valence electrons. The molecule has 1 saturated carbocycles. The second-order valence-corrected chi connectivity index (χ2v) is 8.38. The van der Waals surface area contributed by atoms with Crippen molar-refractivity contribution in [3.63, 3.8) is 0 Å². The van der Waals surface area contributed by atoms with E-state index in [1.807, 2.05) is 13.8 Å². The lowest BCUT2D eigenvalue weighted by molar-refractivity contribution is 0.0944. The summed E-state index contributed by atoms with van der Waals surface area (Å²) >= 11 is 3.51. The first-order valence-corrected chi connectivity index (χ1v) is 10.1. The summed E-state index contributed by atoms with van der Waals surface area (Å²) in [5, 5.41) is 18.1. The summed E-state index contributed by atoms with van der Waals surface area (Å²) in [6, 6.07) is 3.51. The van der Waals surface area contributed by atoms with Gasteiger partial charge >= 0.3 is 0 Å². The number of anilines is 1. The van der Waals surface area contributed by atoms with Crippen LogP contribution in [0.1, 0.15) is 37.0 Å². The number of fused-ring (bicyclic) bond motifs is 1. The van der Waals surface area contributed by atoms with Gasteiger partial charge in [0.1, 0.15) is 11.5 Å². The van der Waals surface area contributed by atoms with E-state index in [4.69, 9.17) is 5.73 Å². The zero-order valence-corrected chi connectivity index (χ0v) is 17.6. The van der Waals surface area contributed by atoms with Crippen molar-refractivity contribution >= 4 is 33.3 Å². The van der Waals surface area contributed by atoms with E-state index in [9.17, 15) is 14.7 Å². The highest BCUT2D eigenvalue weighted by Gasteiger charge is 2.31. The van der Waals surface area contributed by atoms with E-state index in [-0.39, 0.29) is 29.2 Å². The Kier molecular flexibility index (Phi) is 4.81. The van der Waals surface area contributed by atoms with Gasteiger partial charge in [0.15, 0.2) is 11.2 Å². The summed E-state index contributed by atoms with van der Waals surface area (Å²) in [4.78, 5) is 29.9.